The van der Waals surface area contributed by atoms with Gasteiger partial charge in [0.05, 0.1) is 22.4 Å². The monoisotopic (exact) mass is 603 g/mol. The van der Waals surface area contributed by atoms with E-state index >= 15 is 0 Å². The smallest absolute Gasteiger partial charge is 0.329 e. The number of aromatic nitrogens is 3. The predicted octanol–water partition coefficient (Wildman–Crippen LogP) is 6.50. The number of carbonyl (C=O) groups excluding carboxylic acids is 1. The molecule has 0 fully saturated rings. The Morgan fingerprint density at radius 2 is 2.02 bits per heavy atom. The minimum absolute atomic E-state index is 0.0437. The Bertz CT molecular complexity index is 1520. The highest BCUT2D eigenvalue weighted by molar-refractivity contribution is 6.74. The maximum Gasteiger partial charge on any atom is 0.329 e. The van der Waals surface area contributed by atoms with Gasteiger partial charge in [-0.2, -0.15) is 5.26 Å². The van der Waals surface area contributed by atoms with Gasteiger partial charge in [-0.25, -0.2) is 15.0 Å². The summed E-state index contributed by atoms with van der Waals surface area (Å²) in [7, 11) is -0.576. The summed E-state index contributed by atoms with van der Waals surface area (Å²) in [5.74, 6) is 0.709. The molecule has 0 unspecified atom stereocenters. The van der Waals surface area contributed by atoms with E-state index in [2.05, 4.69) is 62.1 Å². The van der Waals surface area contributed by atoms with Gasteiger partial charge in [-0.15, -0.1) is 0 Å². The molecule has 0 amide bonds. The number of carbonyl (C=O) groups is 1. The molecule has 0 spiro atoms. The number of fused-ring (bicyclic) bond motifs is 1. The van der Waals surface area contributed by atoms with Gasteiger partial charge in [-0.1, -0.05) is 39.3 Å². The van der Waals surface area contributed by atoms with Crippen LogP contribution >= 0.6 is 11.6 Å². The number of nitriles is 1. The summed E-state index contributed by atoms with van der Waals surface area (Å²) in [6.07, 6.45) is 3.83. The molecule has 3 aromatic rings. The van der Waals surface area contributed by atoms with Gasteiger partial charge in [0, 0.05) is 42.2 Å². The normalized spacial score (nSPS) is 16.6. The molecular formula is C30H37BClN6O3Si. The van der Waals surface area contributed by atoms with Crippen LogP contribution in [0, 0.1) is 11.3 Å². The van der Waals surface area contributed by atoms with Crippen molar-refractivity contribution < 1.29 is 14.0 Å². The van der Waals surface area contributed by atoms with Gasteiger partial charge in [0.1, 0.15) is 17.9 Å². The number of halogens is 1. The third-order valence-electron chi connectivity index (χ3n) is 7.85. The Morgan fingerprint density at radius 3 is 2.67 bits per heavy atom. The summed E-state index contributed by atoms with van der Waals surface area (Å²) >= 11 is 6.21. The fourth-order valence-electron chi connectivity index (χ4n) is 4.59. The van der Waals surface area contributed by atoms with E-state index in [1.54, 1.807) is 24.4 Å². The lowest BCUT2D eigenvalue weighted by molar-refractivity contribution is 0.219. The van der Waals surface area contributed by atoms with Crippen LogP contribution in [-0.4, -0.2) is 56.1 Å². The molecule has 1 aliphatic rings. The van der Waals surface area contributed by atoms with E-state index < -0.39 is 13.7 Å². The summed E-state index contributed by atoms with van der Waals surface area (Å²) in [6.45, 7) is 18.0. The zero-order chi connectivity index (χ0) is 30.9. The van der Waals surface area contributed by atoms with E-state index in [0.29, 0.717) is 46.9 Å². The fraction of sp³-hybridized carbons (Fsp3) is 0.433. The second-order valence-electron chi connectivity index (χ2n) is 12.6. The number of anilines is 3. The van der Waals surface area contributed by atoms with Gasteiger partial charge in [0.25, 0.3) is 0 Å². The fourth-order valence-corrected chi connectivity index (χ4v) is 5.86. The van der Waals surface area contributed by atoms with E-state index in [9.17, 15) is 10.1 Å². The molecular weight excluding hydrogens is 567 g/mol. The Morgan fingerprint density at radius 1 is 1.29 bits per heavy atom. The van der Waals surface area contributed by atoms with Crippen LogP contribution in [0.25, 0.3) is 11.3 Å². The minimum atomic E-state index is -2.06. The molecule has 1 atom stereocenters. The van der Waals surface area contributed by atoms with Gasteiger partial charge in [-0.05, 0) is 61.8 Å². The molecule has 42 heavy (non-hydrogen) atoms. The van der Waals surface area contributed by atoms with Crippen LogP contribution in [0.5, 0.6) is 5.88 Å². The van der Waals surface area contributed by atoms with Crippen molar-refractivity contribution in [3.63, 3.8) is 0 Å². The standard InChI is InChI=1S/C30H37BClN6O3Si/c1-19(2)41-27-25(13-22(32)15-35-27)37-28-34-10-9-24(36-28)20-11-21(14-33)26-23(12-20)30(6,16-38(26)31-18-39)17-40-42(7,8)29(3,4)5/h9-13,15,18-19H,16-17H2,1-8H3,(H,34,36,37)/t30-/m1/s1. The largest absolute Gasteiger partial charge is 0.473 e. The average molecular weight is 604 g/mol. The van der Waals surface area contributed by atoms with Crippen molar-refractivity contribution in [2.75, 3.05) is 23.3 Å². The van der Waals surface area contributed by atoms with Crippen molar-refractivity contribution in [1.82, 2.24) is 15.0 Å². The third-order valence-corrected chi connectivity index (χ3v) is 12.5. The molecule has 0 saturated heterocycles. The van der Waals surface area contributed by atoms with Crippen LogP contribution in [0.1, 0.15) is 52.7 Å². The topological polar surface area (TPSA) is 113 Å². The lowest BCUT2D eigenvalue weighted by Gasteiger charge is -2.39. The molecule has 0 saturated carbocycles. The first-order valence-electron chi connectivity index (χ1n) is 13.9. The molecule has 1 aromatic carbocycles. The number of pyridine rings is 1. The first-order chi connectivity index (χ1) is 19.7. The van der Waals surface area contributed by atoms with Crippen molar-refractivity contribution in [2.24, 2.45) is 0 Å². The number of nitrogens with one attached hydrogen (secondary N) is 1. The van der Waals surface area contributed by atoms with E-state index in [1.165, 1.54) is 13.6 Å². The number of rotatable bonds is 10. The van der Waals surface area contributed by atoms with E-state index in [-0.39, 0.29) is 11.1 Å². The zero-order valence-corrected chi connectivity index (χ0v) is 27.2. The summed E-state index contributed by atoms with van der Waals surface area (Å²) in [6, 6.07) is 9.68. The quantitative estimate of drug-likeness (QED) is 0.205. The van der Waals surface area contributed by atoms with Crippen LogP contribution < -0.4 is 14.9 Å². The predicted molar refractivity (Wildman–Crippen MR) is 171 cm³/mol. The highest BCUT2D eigenvalue weighted by Gasteiger charge is 2.44. The Balaban J connectivity index is 1.75. The molecule has 2 aromatic heterocycles. The maximum absolute atomic E-state index is 11.6. The van der Waals surface area contributed by atoms with E-state index in [0.717, 1.165) is 23.0 Å². The van der Waals surface area contributed by atoms with Crippen molar-refractivity contribution in [3.8, 4) is 23.2 Å². The summed E-state index contributed by atoms with van der Waals surface area (Å²) in [5.41, 5.74) is 3.57. The van der Waals surface area contributed by atoms with Crippen molar-refractivity contribution in [3.05, 3.63) is 52.8 Å². The molecule has 1 N–H and O–H groups in total. The first-order valence-corrected chi connectivity index (χ1v) is 17.2. The second-order valence-corrected chi connectivity index (χ2v) is 17.9. The van der Waals surface area contributed by atoms with Gasteiger partial charge < -0.3 is 24.1 Å². The van der Waals surface area contributed by atoms with Gasteiger partial charge in [0.15, 0.2) is 8.32 Å². The SMILES string of the molecule is CC(C)Oc1ncc(Cl)cc1Nc1nccc(-c2cc(C#N)c3c(c2)[C@@](C)(CO[Si](C)(C)C(C)(C)C)CN3[B]C=O)n1. The Labute approximate surface area is 255 Å². The number of nitrogens with zero attached hydrogens (tertiary/aromatic N) is 5. The van der Waals surface area contributed by atoms with E-state index in [1.807, 2.05) is 24.7 Å². The number of hydrogen-bond donors (Lipinski definition) is 1. The van der Waals surface area contributed by atoms with Gasteiger partial charge >= 0.3 is 7.41 Å². The zero-order valence-electron chi connectivity index (χ0n) is 25.4. The number of hydrogen-bond acceptors (Lipinski definition) is 9. The lowest BCUT2D eigenvalue weighted by Crippen LogP contribution is -2.46. The van der Waals surface area contributed by atoms with Crippen LogP contribution in [0.3, 0.4) is 0 Å². The molecule has 4 rings (SSSR count). The average Bonchev–Trinajstić information content (AvgIpc) is 3.20. The maximum atomic E-state index is 11.6. The molecule has 0 aliphatic carbocycles. The molecule has 219 valence electrons. The van der Waals surface area contributed by atoms with Crippen LogP contribution in [-0.2, 0) is 14.6 Å². The van der Waals surface area contributed by atoms with Crippen molar-refractivity contribution in [2.45, 2.75) is 71.2 Å². The lowest BCUT2D eigenvalue weighted by atomic mass is 9.83. The second kappa shape index (κ2) is 12.0. The molecule has 12 heteroatoms. The van der Waals surface area contributed by atoms with Crippen molar-refractivity contribution in [1.29, 1.82) is 5.26 Å². The van der Waals surface area contributed by atoms with Crippen LogP contribution in [0.15, 0.2) is 36.7 Å². The molecule has 1 aliphatic heterocycles. The summed E-state index contributed by atoms with van der Waals surface area (Å²) < 4.78 is 12.5. The van der Waals surface area contributed by atoms with Gasteiger partial charge in [0.2, 0.25) is 11.8 Å². The minimum Gasteiger partial charge on any atom is -0.473 e. The number of ether oxygens (including phenoxy) is 1. The number of benzene rings is 1. The van der Waals surface area contributed by atoms with Crippen LogP contribution in [0.4, 0.5) is 17.3 Å². The summed E-state index contributed by atoms with van der Waals surface area (Å²) in [4.78, 5) is 26.8. The van der Waals surface area contributed by atoms with E-state index in [4.69, 9.17) is 25.7 Å². The summed E-state index contributed by atoms with van der Waals surface area (Å²) in [5, 5.41) is 13.9. The highest BCUT2D eigenvalue weighted by Crippen LogP contribution is 2.46. The highest BCUT2D eigenvalue weighted by atomic mass is 35.5. The van der Waals surface area contributed by atoms with Crippen molar-refractivity contribution >= 4 is 50.8 Å². The molecule has 3 heterocycles. The third kappa shape index (κ3) is 6.61. The first kappa shape index (κ1) is 31.5. The Hall–Kier alpha value is -3.46. The Kier molecular flexibility index (Phi) is 9.02. The molecule has 9 nitrogen and oxygen atoms in total. The molecule has 0 bridgehead atoms. The molecule has 1 radical (unpaired) electrons. The van der Waals surface area contributed by atoms with Crippen LogP contribution in [0.2, 0.25) is 23.2 Å². The van der Waals surface area contributed by atoms with Gasteiger partial charge in [-0.3, -0.25) is 0 Å².